The zero-order valence-corrected chi connectivity index (χ0v) is 15.4. The van der Waals surface area contributed by atoms with Crippen molar-refractivity contribution in [2.24, 2.45) is 10.9 Å². The summed E-state index contributed by atoms with van der Waals surface area (Å²) >= 11 is 0. The summed E-state index contributed by atoms with van der Waals surface area (Å²) in [5.74, 6) is 1.63. The predicted molar refractivity (Wildman–Crippen MR) is 99.1 cm³/mol. The van der Waals surface area contributed by atoms with E-state index in [1.807, 2.05) is 42.9 Å². The van der Waals surface area contributed by atoms with Crippen LogP contribution in [0.3, 0.4) is 0 Å². The molecule has 1 aliphatic rings. The van der Waals surface area contributed by atoms with E-state index < -0.39 is 0 Å². The van der Waals surface area contributed by atoms with Crippen molar-refractivity contribution < 1.29 is 4.79 Å². The largest absolute Gasteiger partial charge is 0.349 e. The van der Waals surface area contributed by atoms with Crippen molar-refractivity contribution in [3.63, 3.8) is 0 Å². The summed E-state index contributed by atoms with van der Waals surface area (Å²) in [5.41, 5.74) is 1.40. The van der Waals surface area contributed by atoms with Gasteiger partial charge >= 0.3 is 0 Å². The van der Waals surface area contributed by atoms with Crippen LogP contribution in [0.15, 0.2) is 35.3 Å². The van der Waals surface area contributed by atoms with Gasteiger partial charge in [0.25, 0.3) is 0 Å². The Morgan fingerprint density at radius 1 is 1.08 bits per heavy atom. The van der Waals surface area contributed by atoms with Crippen LogP contribution in [0.4, 0.5) is 0 Å². The number of guanidine groups is 1. The van der Waals surface area contributed by atoms with E-state index in [1.54, 1.807) is 0 Å². The summed E-state index contributed by atoms with van der Waals surface area (Å²) in [6, 6.07) is 10.6. The normalized spacial score (nSPS) is 15.1. The Hall–Kier alpha value is -2.04. The summed E-state index contributed by atoms with van der Waals surface area (Å²) in [7, 11) is 7.77. The third-order valence-electron chi connectivity index (χ3n) is 4.49. The number of benzene rings is 1. The number of carbonyl (C=O) groups is 1. The minimum Gasteiger partial charge on any atom is -0.349 e. The second kappa shape index (κ2) is 8.71. The molecule has 1 aromatic rings. The number of nitrogens with zero attached hydrogens (tertiary/aromatic N) is 4. The van der Waals surface area contributed by atoms with Crippen molar-refractivity contribution >= 4 is 11.9 Å². The maximum Gasteiger partial charge on any atom is 0.244 e. The van der Waals surface area contributed by atoms with E-state index in [4.69, 9.17) is 0 Å². The monoisotopic (exact) mass is 330 g/mol. The fourth-order valence-corrected chi connectivity index (χ4v) is 3.26. The van der Waals surface area contributed by atoms with Crippen molar-refractivity contribution in [1.82, 2.24) is 14.7 Å². The molecule has 0 saturated carbocycles. The fourth-order valence-electron chi connectivity index (χ4n) is 3.26. The second-order valence-corrected chi connectivity index (χ2v) is 6.92. The molecule has 0 aliphatic carbocycles. The van der Waals surface area contributed by atoms with Crippen LogP contribution in [0.5, 0.6) is 0 Å². The van der Waals surface area contributed by atoms with Gasteiger partial charge in [-0.15, -0.1) is 0 Å². The van der Waals surface area contributed by atoms with Crippen LogP contribution < -0.4 is 0 Å². The summed E-state index contributed by atoms with van der Waals surface area (Å²) in [4.78, 5) is 22.7. The number of hydrogen-bond acceptors (Lipinski definition) is 2. The van der Waals surface area contributed by atoms with Gasteiger partial charge in [0.15, 0.2) is 5.96 Å². The minimum absolute atomic E-state index is 0.134. The molecule has 1 fully saturated rings. The smallest absolute Gasteiger partial charge is 0.244 e. The number of amides is 1. The molecule has 1 saturated heterocycles. The lowest BCUT2D eigenvalue weighted by molar-refractivity contribution is -0.131. The van der Waals surface area contributed by atoms with Crippen LogP contribution in [0.25, 0.3) is 0 Å². The Bertz CT molecular complexity index is 536. The first-order valence-electron chi connectivity index (χ1n) is 8.68. The highest BCUT2D eigenvalue weighted by Gasteiger charge is 2.22. The quantitative estimate of drug-likeness (QED) is 0.626. The van der Waals surface area contributed by atoms with E-state index in [0.717, 1.165) is 38.3 Å². The van der Waals surface area contributed by atoms with Crippen LogP contribution in [0, 0.1) is 5.92 Å². The number of carbonyl (C=O) groups excluding carboxylic acids is 1. The first-order valence-corrected chi connectivity index (χ1v) is 8.68. The van der Waals surface area contributed by atoms with E-state index in [0.29, 0.717) is 5.92 Å². The highest BCUT2D eigenvalue weighted by molar-refractivity contribution is 5.84. The summed E-state index contributed by atoms with van der Waals surface area (Å²) in [6.45, 7) is 1.94. The maximum atomic E-state index is 12.4. The molecule has 1 aliphatic heterocycles. The van der Waals surface area contributed by atoms with Crippen LogP contribution in [0.1, 0.15) is 18.4 Å². The molecule has 0 unspecified atom stereocenters. The molecule has 0 N–H and O–H groups in total. The zero-order chi connectivity index (χ0) is 17.5. The predicted octanol–water partition coefficient (Wildman–Crippen LogP) is 1.95. The fraction of sp³-hybridized carbons (Fsp3) is 0.579. The molecule has 0 radical (unpaired) electrons. The van der Waals surface area contributed by atoms with E-state index in [2.05, 4.69) is 35.3 Å². The molecule has 132 valence electrons. The molecule has 1 heterocycles. The Balaban J connectivity index is 1.81. The maximum absolute atomic E-state index is 12.4. The van der Waals surface area contributed by atoms with E-state index >= 15 is 0 Å². The number of hydrogen-bond donors (Lipinski definition) is 0. The summed E-state index contributed by atoms with van der Waals surface area (Å²) < 4.78 is 0. The molecular formula is C19H30N4O. The molecule has 5 nitrogen and oxygen atoms in total. The van der Waals surface area contributed by atoms with Crippen molar-refractivity contribution in [1.29, 1.82) is 0 Å². The van der Waals surface area contributed by atoms with Gasteiger partial charge < -0.3 is 14.7 Å². The van der Waals surface area contributed by atoms with Gasteiger partial charge in [-0.2, -0.15) is 0 Å². The molecule has 0 aromatic heterocycles. The standard InChI is InChI=1S/C19H30N4O/c1-21(2)19(22(3)4)20-15-18(24)23-12-10-17(11-13-23)14-16-8-6-5-7-9-16/h5-9,17H,10-15H2,1-4H3. The number of rotatable bonds is 4. The zero-order valence-electron chi connectivity index (χ0n) is 15.4. The van der Waals surface area contributed by atoms with Crippen molar-refractivity contribution in [2.75, 3.05) is 47.8 Å². The first-order chi connectivity index (χ1) is 11.5. The lowest BCUT2D eigenvalue weighted by atomic mass is 9.90. The van der Waals surface area contributed by atoms with Crippen LogP contribution in [0.2, 0.25) is 0 Å². The van der Waals surface area contributed by atoms with Gasteiger partial charge in [-0.1, -0.05) is 30.3 Å². The number of piperidine rings is 1. The van der Waals surface area contributed by atoms with Gasteiger partial charge in [-0.3, -0.25) is 4.79 Å². The molecule has 2 rings (SSSR count). The third kappa shape index (κ3) is 5.25. The van der Waals surface area contributed by atoms with E-state index in [-0.39, 0.29) is 12.5 Å². The molecule has 24 heavy (non-hydrogen) atoms. The first kappa shape index (κ1) is 18.3. The molecule has 1 amide bonds. The Labute approximate surface area is 146 Å². The van der Waals surface area contributed by atoms with Gasteiger partial charge in [-0.25, -0.2) is 4.99 Å². The summed E-state index contributed by atoms with van der Waals surface area (Å²) in [5, 5.41) is 0. The average Bonchev–Trinajstić information content (AvgIpc) is 2.56. The summed E-state index contributed by atoms with van der Waals surface area (Å²) in [6.07, 6.45) is 3.28. The van der Waals surface area contributed by atoms with Crippen LogP contribution in [-0.4, -0.2) is 74.4 Å². The number of likely N-dealkylation sites (tertiary alicyclic amines) is 1. The molecule has 1 aromatic carbocycles. The topological polar surface area (TPSA) is 39.2 Å². The third-order valence-corrected chi connectivity index (χ3v) is 4.49. The lowest BCUT2D eigenvalue weighted by Crippen LogP contribution is -2.41. The van der Waals surface area contributed by atoms with Crippen LogP contribution >= 0.6 is 0 Å². The van der Waals surface area contributed by atoms with Crippen molar-refractivity contribution in [3.8, 4) is 0 Å². The molecular weight excluding hydrogens is 300 g/mol. The highest BCUT2D eigenvalue weighted by atomic mass is 16.2. The van der Waals surface area contributed by atoms with Gasteiger partial charge in [0, 0.05) is 41.3 Å². The highest BCUT2D eigenvalue weighted by Crippen LogP contribution is 2.21. The van der Waals surface area contributed by atoms with Gasteiger partial charge in [0.05, 0.1) is 0 Å². The Kier molecular flexibility index (Phi) is 6.64. The average molecular weight is 330 g/mol. The Morgan fingerprint density at radius 2 is 1.67 bits per heavy atom. The lowest BCUT2D eigenvalue weighted by Gasteiger charge is -2.32. The molecule has 0 spiro atoms. The van der Waals surface area contributed by atoms with E-state index in [1.165, 1.54) is 5.56 Å². The van der Waals surface area contributed by atoms with E-state index in [9.17, 15) is 4.79 Å². The molecule has 0 atom stereocenters. The Morgan fingerprint density at radius 3 is 2.21 bits per heavy atom. The van der Waals surface area contributed by atoms with Gasteiger partial charge in [0.2, 0.25) is 5.91 Å². The number of aliphatic imine (C=N–C) groups is 1. The second-order valence-electron chi connectivity index (χ2n) is 6.92. The van der Waals surface area contributed by atoms with Crippen molar-refractivity contribution in [3.05, 3.63) is 35.9 Å². The van der Waals surface area contributed by atoms with Crippen LogP contribution in [-0.2, 0) is 11.2 Å². The van der Waals surface area contributed by atoms with Gasteiger partial charge in [-0.05, 0) is 30.7 Å². The molecule has 5 heteroatoms. The van der Waals surface area contributed by atoms with Crippen molar-refractivity contribution in [2.45, 2.75) is 19.3 Å². The molecule has 0 bridgehead atoms. The SMILES string of the molecule is CN(C)C(=NCC(=O)N1CCC(Cc2ccccc2)CC1)N(C)C. The van der Waals surface area contributed by atoms with Gasteiger partial charge in [0.1, 0.15) is 6.54 Å². The minimum atomic E-state index is 0.134.